The lowest BCUT2D eigenvalue weighted by Crippen LogP contribution is -2.23. The molecule has 0 aliphatic rings. The molecule has 1 amide bonds. The van der Waals surface area contributed by atoms with Crippen LogP contribution in [-0.4, -0.2) is 27.2 Å². The minimum absolute atomic E-state index is 0.0107. The van der Waals surface area contributed by atoms with Crippen molar-refractivity contribution in [3.05, 3.63) is 34.5 Å². The number of nitrogens with two attached hydrogens (primary N) is 1. The molecule has 0 aliphatic heterocycles. The van der Waals surface area contributed by atoms with Crippen molar-refractivity contribution in [2.45, 2.75) is 19.5 Å². The van der Waals surface area contributed by atoms with Crippen LogP contribution in [-0.2, 0) is 17.9 Å². The predicted octanol–water partition coefficient (Wildman–Crippen LogP) is 0.356. The number of hydrogen-bond donors (Lipinski definition) is 2. The molecule has 0 radical (unpaired) electrons. The van der Waals surface area contributed by atoms with Crippen LogP contribution in [0.1, 0.15) is 16.9 Å². The number of nitrogens with one attached hydrogen (secondary N) is 1. The van der Waals surface area contributed by atoms with Crippen LogP contribution in [0, 0.1) is 11.8 Å². The summed E-state index contributed by atoms with van der Waals surface area (Å²) in [5.41, 5.74) is 6.25. The number of carbonyl (C=O) groups is 1. The highest BCUT2D eigenvalue weighted by Crippen LogP contribution is 2.13. The van der Waals surface area contributed by atoms with Crippen molar-refractivity contribution in [1.82, 2.24) is 20.1 Å². The minimum atomic E-state index is -0.0107. The van der Waals surface area contributed by atoms with Crippen molar-refractivity contribution in [1.29, 1.82) is 0 Å². The fourth-order valence-corrected chi connectivity index (χ4v) is 2.29. The monoisotopic (exact) mass is 289 g/mol. The third kappa shape index (κ3) is 4.50. The van der Waals surface area contributed by atoms with E-state index < -0.39 is 0 Å². The number of amides is 1. The normalized spacial score (nSPS) is 9.85. The van der Waals surface area contributed by atoms with Crippen molar-refractivity contribution in [3.63, 3.8) is 0 Å². The summed E-state index contributed by atoms with van der Waals surface area (Å²) in [7, 11) is 0. The highest BCUT2D eigenvalue weighted by Gasteiger charge is 2.04. The summed E-state index contributed by atoms with van der Waals surface area (Å²) >= 11 is 1.57. The van der Waals surface area contributed by atoms with Crippen LogP contribution in [0.2, 0.25) is 0 Å². The van der Waals surface area contributed by atoms with E-state index in [1.54, 1.807) is 22.3 Å². The van der Waals surface area contributed by atoms with Gasteiger partial charge in [-0.25, -0.2) is 4.98 Å². The van der Waals surface area contributed by atoms with Gasteiger partial charge in [0.2, 0.25) is 5.91 Å². The molecule has 0 atom stereocenters. The van der Waals surface area contributed by atoms with Gasteiger partial charge < -0.3 is 11.1 Å². The molecule has 3 N–H and O–H groups in total. The Labute approximate surface area is 121 Å². The summed E-state index contributed by atoms with van der Waals surface area (Å²) in [4.78, 5) is 16.6. The maximum Gasteiger partial charge on any atom is 0.222 e. The first kappa shape index (κ1) is 14.2. The first-order chi connectivity index (χ1) is 9.78. The quantitative estimate of drug-likeness (QED) is 0.778. The average molecular weight is 289 g/mol. The molecule has 0 unspecified atom stereocenters. The fraction of sp³-hybridized carbons (Fsp3) is 0.308. The van der Waals surface area contributed by atoms with E-state index in [0.717, 1.165) is 10.4 Å². The Morgan fingerprint density at radius 2 is 2.45 bits per heavy atom. The molecule has 0 saturated carbocycles. The van der Waals surface area contributed by atoms with Crippen LogP contribution in [0.15, 0.2) is 24.1 Å². The highest BCUT2D eigenvalue weighted by molar-refractivity contribution is 7.10. The molecule has 0 aromatic carbocycles. The summed E-state index contributed by atoms with van der Waals surface area (Å²) in [6.45, 7) is 1.40. The molecule has 0 fully saturated rings. The largest absolute Gasteiger partial charge is 0.351 e. The zero-order valence-corrected chi connectivity index (χ0v) is 11.7. The number of nitrogens with zero attached hydrogens (tertiary/aromatic N) is 3. The molecule has 2 aromatic rings. The molecule has 0 bridgehead atoms. The van der Waals surface area contributed by atoms with Gasteiger partial charge in [0.25, 0.3) is 0 Å². The summed E-state index contributed by atoms with van der Waals surface area (Å²) in [5.74, 6) is 5.75. The molecule has 0 saturated heterocycles. The molecule has 0 aliphatic carbocycles. The second-order valence-corrected chi connectivity index (χ2v) is 4.99. The maximum absolute atomic E-state index is 11.7. The minimum Gasteiger partial charge on any atom is -0.351 e. The molecule has 2 aromatic heterocycles. The Hall–Kier alpha value is -2.17. The number of rotatable bonds is 5. The summed E-state index contributed by atoms with van der Waals surface area (Å²) in [6, 6.07) is 1.96. The lowest BCUT2D eigenvalue weighted by molar-refractivity contribution is -0.121. The van der Waals surface area contributed by atoms with E-state index in [-0.39, 0.29) is 5.91 Å². The van der Waals surface area contributed by atoms with Gasteiger partial charge in [-0.15, -0.1) is 11.3 Å². The number of aromatic nitrogens is 3. The highest BCUT2D eigenvalue weighted by atomic mass is 32.1. The third-order valence-electron chi connectivity index (χ3n) is 2.48. The SMILES string of the molecule is NCC#Cc1csc(CNC(=O)CCn2cncn2)c1. The molecule has 2 rings (SSSR count). The maximum atomic E-state index is 11.7. The standard InChI is InChI=1S/C13H15N5OS/c14-4-1-2-11-6-12(20-8-11)7-16-13(19)3-5-18-10-15-9-17-18/h6,8-10H,3-5,7,14H2,(H,16,19). The van der Waals surface area contributed by atoms with E-state index in [1.807, 2.05) is 11.4 Å². The van der Waals surface area contributed by atoms with E-state index >= 15 is 0 Å². The second-order valence-electron chi connectivity index (χ2n) is 3.99. The van der Waals surface area contributed by atoms with Gasteiger partial charge >= 0.3 is 0 Å². The zero-order valence-electron chi connectivity index (χ0n) is 10.9. The number of carbonyl (C=O) groups excluding carboxylic acids is 1. The second kappa shape index (κ2) is 7.43. The number of aryl methyl sites for hydroxylation is 1. The van der Waals surface area contributed by atoms with Gasteiger partial charge in [-0.2, -0.15) is 5.10 Å². The summed E-state index contributed by atoms with van der Waals surface area (Å²) in [5, 5.41) is 8.77. The first-order valence-electron chi connectivity index (χ1n) is 6.13. The van der Waals surface area contributed by atoms with Crippen molar-refractivity contribution in [2.75, 3.05) is 6.54 Å². The number of hydrogen-bond acceptors (Lipinski definition) is 5. The lowest BCUT2D eigenvalue weighted by atomic mass is 10.3. The summed E-state index contributed by atoms with van der Waals surface area (Å²) in [6.07, 6.45) is 3.43. The smallest absolute Gasteiger partial charge is 0.222 e. The van der Waals surface area contributed by atoms with Crippen LogP contribution in [0.3, 0.4) is 0 Å². The number of thiophene rings is 1. The van der Waals surface area contributed by atoms with Gasteiger partial charge in [0.05, 0.1) is 19.6 Å². The molecular formula is C13H15N5OS. The molecular weight excluding hydrogens is 274 g/mol. The van der Waals surface area contributed by atoms with Gasteiger partial charge in [-0.1, -0.05) is 11.8 Å². The third-order valence-corrected chi connectivity index (χ3v) is 3.42. The van der Waals surface area contributed by atoms with Crippen LogP contribution in [0.5, 0.6) is 0 Å². The predicted molar refractivity (Wildman–Crippen MR) is 76.7 cm³/mol. The van der Waals surface area contributed by atoms with Crippen molar-refractivity contribution >= 4 is 17.2 Å². The van der Waals surface area contributed by atoms with E-state index in [1.165, 1.54) is 6.33 Å². The molecule has 6 nitrogen and oxygen atoms in total. The summed E-state index contributed by atoms with van der Waals surface area (Å²) < 4.78 is 1.63. The Balaban J connectivity index is 1.74. The van der Waals surface area contributed by atoms with Crippen LogP contribution in [0.25, 0.3) is 0 Å². The van der Waals surface area contributed by atoms with Gasteiger partial charge in [0.15, 0.2) is 0 Å². The van der Waals surface area contributed by atoms with E-state index in [2.05, 4.69) is 27.2 Å². The van der Waals surface area contributed by atoms with Crippen LogP contribution >= 0.6 is 11.3 Å². The fourth-order valence-electron chi connectivity index (χ4n) is 1.53. The van der Waals surface area contributed by atoms with E-state index in [9.17, 15) is 4.79 Å². The Morgan fingerprint density at radius 3 is 3.20 bits per heavy atom. The van der Waals surface area contributed by atoms with E-state index in [4.69, 9.17) is 5.73 Å². The first-order valence-corrected chi connectivity index (χ1v) is 7.01. The van der Waals surface area contributed by atoms with Crippen LogP contribution in [0.4, 0.5) is 0 Å². The Bertz CT molecular complexity index is 608. The van der Waals surface area contributed by atoms with Crippen molar-refractivity contribution < 1.29 is 4.79 Å². The van der Waals surface area contributed by atoms with Gasteiger partial charge in [-0.05, 0) is 6.07 Å². The van der Waals surface area contributed by atoms with Crippen LogP contribution < -0.4 is 11.1 Å². The Morgan fingerprint density at radius 1 is 1.55 bits per heavy atom. The van der Waals surface area contributed by atoms with Gasteiger partial charge in [-0.3, -0.25) is 9.48 Å². The molecule has 7 heteroatoms. The lowest BCUT2D eigenvalue weighted by Gasteiger charge is -2.03. The molecule has 0 spiro atoms. The van der Waals surface area contributed by atoms with E-state index in [0.29, 0.717) is 26.1 Å². The van der Waals surface area contributed by atoms with Gasteiger partial charge in [0.1, 0.15) is 12.7 Å². The average Bonchev–Trinajstić information content (AvgIpc) is 3.12. The van der Waals surface area contributed by atoms with Crippen molar-refractivity contribution in [3.8, 4) is 11.8 Å². The topological polar surface area (TPSA) is 85.8 Å². The zero-order chi connectivity index (χ0) is 14.2. The molecule has 20 heavy (non-hydrogen) atoms. The van der Waals surface area contributed by atoms with Crippen molar-refractivity contribution in [2.24, 2.45) is 5.73 Å². The Kier molecular flexibility index (Phi) is 5.29. The molecule has 104 valence electrons. The van der Waals surface area contributed by atoms with Gasteiger partial charge in [0, 0.05) is 22.2 Å². The molecule has 2 heterocycles.